The first-order valence-electron chi connectivity index (χ1n) is 32.8. The van der Waals surface area contributed by atoms with Crippen LogP contribution < -0.4 is 21.3 Å². The van der Waals surface area contributed by atoms with Crippen molar-refractivity contribution >= 4 is 95.5 Å². The van der Waals surface area contributed by atoms with Gasteiger partial charge in [-0.25, -0.2) is 0 Å². The van der Waals surface area contributed by atoms with Gasteiger partial charge in [0.25, 0.3) is 0 Å². The van der Waals surface area contributed by atoms with E-state index in [2.05, 4.69) is 356 Å². The first-order chi connectivity index (χ1) is 46.3. The molecule has 14 aromatic carbocycles. The highest BCUT2D eigenvalue weighted by Crippen LogP contribution is 2.58. The summed E-state index contributed by atoms with van der Waals surface area (Å²) in [5.74, 6) is 0. The Bertz CT molecular complexity index is 5640. The average Bonchev–Trinajstić information content (AvgIpc) is 1.28. The van der Waals surface area contributed by atoms with E-state index < -0.39 is 5.41 Å². The lowest BCUT2D eigenvalue weighted by Crippen LogP contribution is -2.60. The predicted octanol–water partition coefficient (Wildman–Crippen LogP) is 21.3. The van der Waals surface area contributed by atoms with E-state index in [1.54, 1.807) is 0 Å². The smallest absolute Gasteiger partial charge is 0.249 e. The molecule has 0 saturated heterocycles. The van der Waals surface area contributed by atoms with Crippen molar-refractivity contribution in [2.45, 2.75) is 41.4 Å². The summed E-state index contributed by atoms with van der Waals surface area (Å²) in [6.07, 6.45) is 0. The van der Waals surface area contributed by atoms with Crippen LogP contribution in [0.2, 0.25) is 0 Å². The standard InChI is InChI=1S/C89H62BN3S/c1-88(2,3)63-46-48-82(73(54-63)57-24-6-4-7-25-57)93-83-47-44-60(58-26-22-30-65(50-58)91-78-40-18-12-34-69(78)70-35-13-19-41-79(70)91)52-76(83)90-77-53-61(59-27-23-31-66(51-59)92-80-42-20-14-36-71(80)72-37-15-21-43-81(72)92)45-49-85(77)94-86-56-64(55-84(93)87(86)90)89(62-28-8-5-9-29-62)74-38-16-10-32-67(74)68-33-11-17-39-75(68)89/h4-56H,1-3H3. The molecule has 0 N–H and O–H groups in total. The number of hydrogen-bond donors (Lipinski definition) is 0. The summed E-state index contributed by atoms with van der Waals surface area (Å²) in [6, 6.07) is 122. The van der Waals surface area contributed by atoms with Gasteiger partial charge in [0, 0.05) is 59.6 Å². The fourth-order valence-electron chi connectivity index (χ4n) is 16.4. The molecule has 2 aliphatic heterocycles. The van der Waals surface area contributed by atoms with Crippen molar-refractivity contribution in [3.8, 4) is 55.9 Å². The van der Waals surface area contributed by atoms with Gasteiger partial charge in [-0.15, -0.1) is 0 Å². The van der Waals surface area contributed by atoms with Crippen LogP contribution in [0.15, 0.2) is 331 Å². The lowest BCUT2D eigenvalue weighted by Gasteiger charge is -2.43. The van der Waals surface area contributed by atoms with Gasteiger partial charge in [0.1, 0.15) is 0 Å². The van der Waals surface area contributed by atoms with Crippen LogP contribution in [-0.4, -0.2) is 15.8 Å². The molecular formula is C89H62BN3S. The Morgan fingerprint density at radius 1 is 0.319 bits per heavy atom. The molecule has 0 amide bonds. The number of anilines is 3. The van der Waals surface area contributed by atoms with Crippen molar-refractivity contribution < 1.29 is 0 Å². The highest BCUT2D eigenvalue weighted by Gasteiger charge is 2.49. The Labute approximate surface area is 552 Å². The summed E-state index contributed by atoms with van der Waals surface area (Å²) in [4.78, 5) is 5.20. The third kappa shape index (κ3) is 8.14. The number of fused-ring (bicyclic) bond motifs is 13. The molecule has 19 rings (SSSR count). The molecule has 0 bridgehead atoms. The molecule has 0 saturated carbocycles. The van der Waals surface area contributed by atoms with E-state index in [0.717, 1.165) is 17.1 Å². The van der Waals surface area contributed by atoms with Gasteiger partial charge >= 0.3 is 0 Å². The minimum Gasteiger partial charge on any atom is -0.311 e. The van der Waals surface area contributed by atoms with Crippen LogP contribution in [0, 0.1) is 0 Å². The largest absolute Gasteiger partial charge is 0.311 e. The van der Waals surface area contributed by atoms with Gasteiger partial charge in [0.05, 0.1) is 33.2 Å². The molecule has 3 aliphatic rings. The summed E-state index contributed by atoms with van der Waals surface area (Å²) >= 11 is 1.93. The highest BCUT2D eigenvalue weighted by atomic mass is 32.2. The molecule has 0 atom stereocenters. The summed E-state index contributed by atoms with van der Waals surface area (Å²) in [5, 5.41) is 5.02. The van der Waals surface area contributed by atoms with E-state index in [1.165, 1.54) is 153 Å². The second-order valence-corrected chi connectivity index (χ2v) is 27.8. The Balaban J connectivity index is 0.887. The molecule has 2 aromatic heterocycles. The number of benzene rings is 14. The lowest BCUT2D eigenvalue weighted by atomic mass is 9.34. The van der Waals surface area contributed by atoms with Crippen molar-refractivity contribution in [1.29, 1.82) is 0 Å². The van der Waals surface area contributed by atoms with E-state index >= 15 is 0 Å². The Morgan fingerprint density at radius 2 is 0.787 bits per heavy atom. The maximum absolute atomic E-state index is 2.66. The number of aromatic nitrogens is 2. The maximum Gasteiger partial charge on any atom is 0.249 e. The van der Waals surface area contributed by atoms with E-state index in [1.807, 2.05) is 11.8 Å². The first-order valence-corrected chi connectivity index (χ1v) is 33.7. The van der Waals surface area contributed by atoms with E-state index in [-0.39, 0.29) is 12.1 Å². The number of rotatable bonds is 8. The summed E-state index contributed by atoms with van der Waals surface area (Å²) < 4.78 is 4.88. The van der Waals surface area contributed by atoms with Crippen molar-refractivity contribution in [3.05, 3.63) is 349 Å². The zero-order valence-corrected chi connectivity index (χ0v) is 53.2. The molecule has 4 heterocycles. The molecule has 5 heteroatoms. The van der Waals surface area contributed by atoms with Crippen LogP contribution in [0.1, 0.15) is 48.6 Å². The Morgan fingerprint density at radius 3 is 1.35 bits per heavy atom. The number of hydrogen-bond acceptors (Lipinski definition) is 2. The molecule has 0 radical (unpaired) electrons. The molecular weight excluding hydrogens is 1150 g/mol. The van der Waals surface area contributed by atoms with Crippen molar-refractivity contribution in [3.63, 3.8) is 0 Å². The third-order valence-electron chi connectivity index (χ3n) is 20.6. The molecule has 1 aliphatic carbocycles. The van der Waals surface area contributed by atoms with Crippen molar-refractivity contribution in [2.75, 3.05) is 4.90 Å². The number of nitrogens with zero attached hydrogens (tertiary/aromatic N) is 3. The quantitative estimate of drug-likeness (QED) is 0.141. The monoisotopic (exact) mass is 1220 g/mol. The van der Waals surface area contributed by atoms with Gasteiger partial charge in [0.15, 0.2) is 0 Å². The molecule has 0 spiro atoms. The van der Waals surface area contributed by atoms with Crippen LogP contribution in [-0.2, 0) is 10.8 Å². The van der Waals surface area contributed by atoms with Gasteiger partial charge < -0.3 is 14.0 Å². The van der Waals surface area contributed by atoms with Gasteiger partial charge in [-0.1, -0.05) is 275 Å². The first kappa shape index (κ1) is 54.6. The molecule has 94 heavy (non-hydrogen) atoms. The van der Waals surface area contributed by atoms with E-state index in [9.17, 15) is 0 Å². The SMILES string of the molecule is CC(C)(C)c1ccc(N2c3ccc(-c4cccc(-n5c6ccccc6c6ccccc65)c4)cc3B3c4cc(-c5cccc(-n6c7ccccc7c7ccccc76)c5)ccc4Sc4cc(C5(c6ccccc6)c6ccccc6-c6ccccc65)cc2c43)c(-c2ccccc2)c1. The average molecular weight is 1220 g/mol. The van der Waals surface area contributed by atoms with Gasteiger partial charge in [-0.05, 0) is 168 Å². The van der Waals surface area contributed by atoms with Crippen molar-refractivity contribution in [2.24, 2.45) is 0 Å². The third-order valence-corrected chi connectivity index (χ3v) is 21.7. The Hall–Kier alpha value is -11.1. The van der Waals surface area contributed by atoms with Gasteiger partial charge in [-0.3, -0.25) is 0 Å². The molecule has 0 fully saturated rings. The van der Waals surface area contributed by atoms with E-state index in [0.29, 0.717) is 0 Å². The van der Waals surface area contributed by atoms with Crippen LogP contribution in [0.25, 0.3) is 99.5 Å². The van der Waals surface area contributed by atoms with Crippen LogP contribution in [0.3, 0.4) is 0 Å². The van der Waals surface area contributed by atoms with Crippen LogP contribution in [0.4, 0.5) is 17.1 Å². The minimum absolute atomic E-state index is 0.0962. The second-order valence-electron chi connectivity index (χ2n) is 26.7. The minimum atomic E-state index is -0.642. The van der Waals surface area contributed by atoms with Gasteiger partial charge in [-0.2, -0.15) is 0 Å². The van der Waals surface area contributed by atoms with Crippen molar-refractivity contribution in [1.82, 2.24) is 9.13 Å². The molecule has 16 aromatic rings. The highest BCUT2D eigenvalue weighted by molar-refractivity contribution is 8.00. The lowest BCUT2D eigenvalue weighted by molar-refractivity contribution is 0.590. The van der Waals surface area contributed by atoms with Crippen LogP contribution in [0.5, 0.6) is 0 Å². The predicted molar refractivity (Wildman–Crippen MR) is 397 cm³/mol. The summed E-state index contributed by atoms with van der Waals surface area (Å²) in [6.45, 7) is 6.85. The van der Waals surface area contributed by atoms with E-state index in [4.69, 9.17) is 0 Å². The molecule has 3 nitrogen and oxygen atoms in total. The zero-order chi connectivity index (χ0) is 62.4. The van der Waals surface area contributed by atoms with Crippen LogP contribution >= 0.6 is 11.8 Å². The normalized spacial score (nSPS) is 13.5. The fraction of sp³-hybridized carbons (Fsp3) is 0.0562. The zero-order valence-electron chi connectivity index (χ0n) is 52.4. The maximum atomic E-state index is 2.66. The molecule has 442 valence electrons. The number of para-hydroxylation sites is 4. The Kier molecular flexibility index (Phi) is 12.2. The van der Waals surface area contributed by atoms with Gasteiger partial charge in [0.2, 0.25) is 6.71 Å². The summed E-state index contributed by atoms with van der Waals surface area (Å²) in [7, 11) is 0. The summed E-state index contributed by atoms with van der Waals surface area (Å²) in [5.41, 5.74) is 29.8. The fourth-order valence-corrected chi connectivity index (χ4v) is 17.6. The molecule has 0 unspecified atom stereocenters. The second kappa shape index (κ2) is 21.0. The topological polar surface area (TPSA) is 13.1 Å².